The predicted molar refractivity (Wildman–Crippen MR) is 88.2 cm³/mol. The SMILES string of the molecule is [2H]c1c([2H])c([C@@H]2C([2H])([2H])CNCC2([2H])COc2ccc3c(c2)OC([2H])([2H])O3)c([2H])c([2H])c1F. The Morgan fingerprint density at radius 3 is 3.00 bits per heavy atom. The first-order valence-corrected chi connectivity index (χ1v) is 7.37. The second kappa shape index (κ2) is 6.69. The van der Waals surface area contributed by atoms with Gasteiger partial charge < -0.3 is 19.5 Å². The van der Waals surface area contributed by atoms with Gasteiger partial charge >= 0.3 is 0 Å². The van der Waals surface area contributed by atoms with Crippen molar-refractivity contribution in [1.82, 2.24) is 5.32 Å². The van der Waals surface area contributed by atoms with Gasteiger partial charge in [0.25, 0.3) is 0 Å². The summed E-state index contributed by atoms with van der Waals surface area (Å²) in [5.74, 6) is -4.17. The average molecular weight is 338 g/mol. The Bertz CT molecular complexity index is 1090. The van der Waals surface area contributed by atoms with Crippen LogP contribution >= 0.6 is 0 Å². The zero-order valence-corrected chi connectivity index (χ0v) is 12.5. The lowest BCUT2D eigenvalue weighted by molar-refractivity contribution is 0.173. The minimum atomic E-state index is -2.33. The van der Waals surface area contributed by atoms with Crippen LogP contribution in [0.15, 0.2) is 42.4 Å². The maximum Gasteiger partial charge on any atom is 0.231 e. The molecule has 2 atom stereocenters. The molecule has 4 nitrogen and oxygen atoms in total. The molecular formula is C19H20FNO3. The van der Waals surface area contributed by atoms with Crippen LogP contribution in [0.3, 0.4) is 0 Å². The summed E-state index contributed by atoms with van der Waals surface area (Å²) in [6.45, 7) is -3.06. The van der Waals surface area contributed by atoms with Crippen LogP contribution in [0.5, 0.6) is 17.2 Å². The van der Waals surface area contributed by atoms with Crippen molar-refractivity contribution in [3.05, 3.63) is 53.7 Å². The van der Waals surface area contributed by atoms with Crippen LogP contribution in [0.2, 0.25) is 0 Å². The van der Waals surface area contributed by atoms with Crippen molar-refractivity contribution in [1.29, 1.82) is 0 Å². The van der Waals surface area contributed by atoms with Gasteiger partial charge in [0.2, 0.25) is 6.75 Å². The minimum Gasteiger partial charge on any atom is -0.493 e. The van der Waals surface area contributed by atoms with Crippen LogP contribution in [-0.4, -0.2) is 26.4 Å². The molecule has 0 saturated carbocycles. The molecule has 0 amide bonds. The molecule has 0 aromatic heterocycles. The molecule has 1 saturated heterocycles. The highest BCUT2D eigenvalue weighted by atomic mass is 19.1. The molecule has 5 heteroatoms. The highest BCUT2D eigenvalue weighted by Gasteiger charge is 2.27. The summed E-state index contributed by atoms with van der Waals surface area (Å²) in [4.78, 5) is 0. The first-order chi connectivity index (χ1) is 15.3. The highest BCUT2D eigenvalue weighted by molar-refractivity contribution is 5.46. The Balaban J connectivity index is 1.69. The summed E-state index contributed by atoms with van der Waals surface area (Å²) in [7, 11) is 0. The second-order valence-corrected chi connectivity index (χ2v) is 5.31. The van der Waals surface area contributed by atoms with E-state index in [0.717, 1.165) is 0 Å². The van der Waals surface area contributed by atoms with Gasteiger partial charge in [-0.2, -0.15) is 0 Å². The number of halogens is 1. The van der Waals surface area contributed by atoms with Crippen molar-refractivity contribution in [3.8, 4) is 17.2 Å². The Hall–Kier alpha value is -2.27. The maximum absolute atomic E-state index is 14.1. The van der Waals surface area contributed by atoms with Gasteiger partial charge in [-0.3, -0.25) is 0 Å². The van der Waals surface area contributed by atoms with Crippen molar-refractivity contribution in [3.63, 3.8) is 0 Å². The lowest BCUT2D eigenvalue weighted by Gasteiger charge is -2.32. The molecular weight excluding hydrogens is 309 g/mol. The van der Waals surface area contributed by atoms with Crippen molar-refractivity contribution in [2.45, 2.75) is 12.3 Å². The van der Waals surface area contributed by atoms with Crippen LogP contribution in [-0.2, 0) is 0 Å². The third-order valence-electron chi connectivity index (χ3n) is 3.74. The molecule has 2 aromatic rings. The number of hydrogen-bond donors (Lipinski definition) is 1. The Kier molecular flexibility index (Phi) is 2.29. The molecule has 2 heterocycles. The number of benzene rings is 2. The predicted octanol–water partition coefficient (Wildman–Crippen LogP) is 3.33. The van der Waals surface area contributed by atoms with Crippen LogP contribution in [0.1, 0.15) is 30.2 Å². The van der Waals surface area contributed by atoms with Gasteiger partial charge in [-0.05, 0) is 48.6 Å². The minimum absolute atomic E-state index is 0.0864. The first-order valence-electron chi connectivity index (χ1n) is 11.9. The number of fused-ring (bicyclic) bond motifs is 1. The number of ether oxygens (including phenoxy) is 3. The Labute approximate surface area is 153 Å². The van der Waals surface area contributed by atoms with E-state index in [1.54, 1.807) is 0 Å². The Morgan fingerprint density at radius 1 is 1.29 bits per heavy atom. The summed E-state index contributed by atoms with van der Waals surface area (Å²) in [6, 6.07) is 0.932. The molecule has 24 heavy (non-hydrogen) atoms. The summed E-state index contributed by atoms with van der Waals surface area (Å²) in [5, 5.41) is 2.81. The van der Waals surface area contributed by atoms with Crippen molar-refractivity contribution in [2.75, 3.05) is 26.4 Å². The zero-order chi connectivity index (χ0) is 24.3. The zero-order valence-electron chi connectivity index (χ0n) is 21.5. The molecule has 0 radical (unpaired) electrons. The molecule has 0 aliphatic carbocycles. The lowest BCUT2D eigenvalue weighted by atomic mass is 9.81. The summed E-state index contributed by atoms with van der Waals surface area (Å²) >= 11 is 0. The molecule has 1 unspecified atom stereocenters. The monoisotopic (exact) mass is 338 g/mol. The van der Waals surface area contributed by atoms with Gasteiger partial charge in [-0.1, -0.05) is 12.1 Å². The van der Waals surface area contributed by atoms with Gasteiger partial charge in [-0.15, -0.1) is 0 Å². The maximum atomic E-state index is 14.1. The fourth-order valence-corrected chi connectivity index (χ4v) is 2.56. The van der Waals surface area contributed by atoms with Crippen LogP contribution in [0.25, 0.3) is 0 Å². The highest BCUT2D eigenvalue weighted by Crippen LogP contribution is 2.36. The van der Waals surface area contributed by atoms with E-state index in [-0.39, 0.29) is 35.9 Å². The van der Waals surface area contributed by atoms with E-state index in [1.807, 2.05) is 0 Å². The standard InChI is InChI=1S/C19H20FNO3/c20-15-3-1-13(2-4-15)17-7-8-21-10-14(17)11-22-16-5-6-18-19(9-16)24-12-23-18/h1-6,9,14,17,21H,7-8,10-12H2/t14?,17-/m0/s1/i1D,2D,3D,4D,7D2,12D2,14D. The fraction of sp³-hybridized carbons (Fsp3) is 0.368. The van der Waals surface area contributed by atoms with Crippen molar-refractivity contribution < 1.29 is 30.9 Å². The van der Waals surface area contributed by atoms with Crippen molar-refractivity contribution in [2.24, 2.45) is 5.89 Å². The fourth-order valence-electron chi connectivity index (χ4n) is 2.56. The third kappa shape index (κ3) is 3.17. The number of piperidine rings is 1. The molecule has 4 rings (SSSR count). The van der Waals surface area contributed by atoms with Gasteiger partial charge in [0.15, 0.2) is 11.5 Å². The lowest BCUT2D eigenvalue weighted by Crippen LogP contribution is -2.38. The molecule has 126 valence electrons. The second-order valence-electron chi connectivity index (χ2n) is 5.31. The van der Waals surface area contributed by atoms with E-state index >= 15 is 0 Å². The van der Waals surface area contributed by atoms with E-state index in [0.29, 0.717) is 0 Å². The summed E-state index contributed by atoms with van der Waals surface area (Å²) < 4.78 is 103. The molecule has 1 fully saturated rings. The Morgan fingerprint density at radius 2 is 2.12 bits per heavy atom. The molecule has 1 N–H and O–H groups in total. The van der Waals surface area contributed by atoms with E-state index in [2.05, 4.69) is 5.32 Å². The molecule has 2 aliphatic heterocycles. The summed E-state index contributed by atoms with van der Waals surface area (Å²) in [6.07, 6.45) is -2.17. The third-order valence-corrected chi connectivity index (χ3v) is 3.74. The molecule has 0 bridgehead atoms. The smallest absolute Gasteiger partial charge is 0.231 e. The van der Waals surface area contributed by atoms with Gasteiger partial charge in [-0.25, -0.2) is 4.39 Å². The van der Waals surface area contributed by atoms with E-state index in [9.17, 15) is 4.39 Å². The summed E-state index contributed by atoms with van der Waals surface area (Å²) in [5.41, 5.74) is -0.379. The van der Waals surface area contributed by atoms with Gasteiger partial charge in [0.1, 0.15) is 14.3 Å². The molecule has 2 aliphatic rings. The number of nitrogens with one attached hydrogen (secondary N) is 1. The number of rotatable bonds is 4. The van der Waals surface area contributed by atoms with E-state index in [4.69, 9.17) is 26.5 Å². The molecule has 2 aromatic carbocycles. The average Bonchev–Trinajstić information content (AvgIpc) is 3.04. The van der Waals surface area contributed by atoms with Crippen molar-refractivity contribution >= 4 is 0 Å². The van der Waals surface area contributed by atoms with Crippen LogP contribution in [0, 0.1) is 11.7 Å². The number of hydrogen-bond acceptors (Lipinski definition) is 4. The normalized spacial score (nSPS) is 35.0. The molecule has 0 spiro atoms. The largest absolute Gasteiger partial charge is 0.493 e. The first kappa shape index (κ1) is 8.21. The van der Waals surface area contributed by atoms with E-state index < -0.39 is 61.5 Å². The van der Waals surface area contributed by atoms with Gasteiger partial charge in [0.05, 0.1) is 12.1 Å². The topological polar surface area (TPSA) is 39.7 Å². The van der Waals surface area contributed by atoms with Gasteiger partial charge in [0, 0.05) is 22.6 Å². The van der Waals surface area contributed by atoms with Crippen LogP contribution in [0.4, 0.5) is 4.39 Å². The quantitative estimate of drug-likeness (QED) is 0.928. The van der Waals surface area contributed by atoms with E-state index in [1.165, 1.54) is 18.2 Å². The van der Waals surface area contributed by atoms with Crippen LogP contribution < -0.4 is 19.5 Å².